The van der Waals surface area contributed by atoms with Crippen LogP contribution in [0, 0.1) is 0 Å². The summed E-state index contributed by atoms with van der Waals surface area (Å²) in [5.41, 5.74) is 4.97. The van der Waals surface area contributed by atoms with Gasteiger partial charge in [-0.05, 0) is 0 Å². The topological polar surface area (TPSA) is 99.7 Å². The molecule has 0 bridgehead atoms. The number of nitrogens with one attached hydrogen (secondary N) is 1. The van der Waals surface area contributed by atoms with Gasteiger partial charge in [0.15, 0.2) is 11.6 Å². The third kappa shape index (κ3) is 2.55. The van der Waals surface area contributed by atoms with E-state index in [0.717, 1.165) is 0 Å². The average molecular weight is 182 g/mol. The SMILES string of the molecule is CN(C)/N=N/c1cnc(C(N)=O)[nH]1. The highest BCUT2D eigenvalue weighted by Crippen LogP contribution is 2.07. The minimum atomic E-state index is -0.619. The van der Waals surface area contributed by atoms with E-state index in [2.05, 4.69) is 20.3 Å². The van der Waals surface area contributed by atoms with E-state index in [4.69, 9.17) is 5.73 Å². The van der Waals surface area contributed by atoms with Crippen molar-refractivity contribution in [1.82, 2.24) is 15.0 Å². The van der Waals surface area contributed by atoms with E-state index in [0.29, 0.717) is 5.82 Å². The third-order valence-electron chi connectivity index (χ3n) is 1.13. The Labute approximate surface area is 74.6 Å². The molecule has 7 heteroatoms. The van der Waals surface area contributed by atoms with Crippen LogP contribution in [0.4, 0.5) is 5.82 Å². The fourth-order valence-electron chi connectivity index (χ4n) is 0.625. The molecular weight excluding hydrogens is 172 g/mol. The zero-order valence-electron chi connectivity index (χ0n) is 7.35. The molecule has 3 N–H and O–H groups in total. The molecule has 0 radical (unpaired) electrons. The van der Waals surface area contributed by atoms with Crippen molar-refractivity contribution in [3.8, 4) is 0 Å². The van der Waals surface area contributed by atoms with Gasteiger partial charge in [-0.3, -0.25) is 9.80 Å². The fraction of sp³-hybridized carbons (Fsp3) is 0.333. The molecule has 1 aromatic rings. The maximum Gasteiger partial charge on any atom is 0.284 e. The summed E-state index contributed by atoms with van der Waals surface area (Å²) < 4.78 is 0. The number of H-pyrrole nitrogens is 1. The molecule has 0 saturated carbocycles. The van der Waals surface area contributed by atoms with Crippen LogP contribution in [-0.4, -0.2) is 35.0 Å². The summed E-state index contributed by atoms with van der Waals surface area (Å²) >= 11 is 0. The number of aromatic nitrogens is 2. The summed E-state index contributed by atoms with van der Waals surface area (Å²) in [5.74, 6) is -0.151. The molecule has 1 heterocycles. The van der Waals surface area contributed by atoms with Crippen molar-refractivity contribution in [2.75, 3.05) is 14.1 Å². The molecule has 1 rings (SSSR count). The number of hydrogen-bond donors (Lipinski definition) is 2. The van der Waals surface area contributed by atoms with Crippen molar-refractivity contribution >= 4 is 11.7 Å². The smallest absolute Gasteiger partial charge is 0.284 e. The Balaban J connectivity index is 2.75. The lowest BCUT2D eigenvalue weighted by molar-refractivity contribution is 0.0991. The first-order chi connectivity index (χ1) is 6.09. The molecule has 0 aliphatic carbocycles. The van der Waals surface area contributed by atoms with Gasteiger partial charge in [-0.25, -0.2) is 4.98 Å². The number of hydrogen-bond acceptors (Lipinski definition) is 4. The van der Waals surface area contributed by atoms with Crippen LogP contribution < -0.4 is 5.73 Å². The van der Waals surface area contributed by atoms with Gasteiger partial charge in [-0.15, -0.1) is 5.11 Å². The largest absolute Gasteiger partial charge is 0.363 e. The Bertz CT molecular complexity index is 328. The molecule has 1 aromatic heterocycles. The lowest BCUT2D eigenvalue weighted by Crippen LogP contribution is -2.12. The summed E-state index contributed by atoms with van der Waals surface area (Å²) in [6, 6.07) is 0. The first-order valence-electron chi connectivity index (χ1n) is 3.53. The monoisotopic (exact) mass is 182 g/mol. The molecule has 0 atom stereocenters. The summed E-state index contributed by atoms with van der Waals surface area (Å²) in [7, 11) is 3.46. The van der Waals surface area contributed by atoms with E-state index in [-0.39, 0.29) is 5.82 Å². The van der Waals surface area contributed by atoms with Gasteiger partial charge in [0, 0.05) is 14.1 Å². The van der Waals surface area contributed by atoms with Gasteiger partial charge < -0.3 is 10.7 Å². The number of rotatable bonds is 3. The Hall–Kier alpha value is -1.92. The number of nitrogens with zero attached hydrogens (tertiary/aromatic N) is 4. The first kappa shape index (κ1) is 9.17. The summed E-state index contributed by atoms with van der Waals surface area (Å²) in [4.78, 5) is 16.9. The molecular formula is C6H10N6O. The Morgan fingerprint density at radius 3 is 2.85 bits per heavy atom. The minimum Gasteiger partial charge on any atom is -0.363 e. The predicted octanol–water partition coefficient (Wildman–Crippen LogP) is 0.0689. The van der Waals surface area contributed by atoms with E-state index in [9.17, 15) is 4.79 Å². The molecule has 0 saturated heterocycles. The van der Waals surface area contributed by atoms with Crippen molar-refractivity contribution < 1.29 is 4.79 Å². The lowest BCUT2D eigenvalue weighted by Gasteiger charge is -1.98. The summed E-state index contributed by atoms with van der Waals surface area (Å²) in [6.07, 6.45) is 1.38. The van der Waals surface area contributed by atoms with E-state index in [1.807, 2.05) is 0 Å². The van der Waals surface area contributed by atoms with Crippen LogP contribution in [0.5, 0.6) is 0 Å². The van der Waals surface area contributed by atoms with E-state index >= 15 is 0 Å². The van der Waals surface area contributed by atoms with Crippen LogP contribution in [0.1, 0.15) is 10.6 Å². The number of carbonyl (C=O) groups is 1. The summed E-state index contributed by atoms with van der Waals surface area (Å²) in [6.45, 7) is 0. The van der Waals surface area contributed by atoms with Crippen LogP contribution in [0.25, 0.3) is 0 Å². The zero-order chi connectivity index (χ0) is 9.84. The molecule has 70 valence electrons. The van der Waals surface area contributed by atoms with Crippen molar-refractivity contribution in [1.29, 1.82) is 0 Å². The van der Waals surface area contributed by atoms with Crippen molar-refractivity contribution in [3.63, 3.8) is 0 Å². The van der Waals surface area contributed by atoms with Gasteiger partial charge in [0.1, 0.15) is 0 Å². The Kier molecular flexibility index (Phi) is 2.58. The molecule has 0 aromatic carbocycles. The summed E-state index contributed by atoms with van der Waals surface area (Å²) in [5, 5.41) is 8.95. The number of imidazole rings is 1. The molecule has 0 aliphatic rings. The van der Waals surface area contributed by atoms with E-state index in [1.165, 1.54) is 11.2 Å². The maximum absolute atomic E-state index is 10.6. The fourth-order valence-corrected chi connectivity index (χ4v) is 0.625. The van der Waals surface area contributed by atoms with Crippen molar-refractivity contribution in [2.24, 2.45) is 16.1 Å². The van der Waals surface area contributed by atoms with Gasteiger partial charge in [-0.1, -0.05) is 5.22 Å². The molecule has 13 heavy (non-hydrogen) atoms. The van der Waals surface area contributed by atoms with Gasteiger partial charge in [0.25, 0.3) is 5.91 Å². The van der Waals surface area contributed by atoms with Gasteiger partial charge in [-0.2, -0.15) is 0 Å². The van der Waals surface area contributed by atoms with Crippen molar-refractivity contribution in [2.45, 2.75) is 0 Å². The van der Waals surface area contributed by atoms with Crippen molar-refractivity contribution in [3.05, 3.63) is 12.0 Å². The number of amides is 1. The normalized spacial score (nSPS) is 10.6. The molecule has 1 amide bonds. The Morgan fingerprint density at radius 2 is 2.38 bits per heavy atom. The van der Waals surface area contributed by atoms with Gasteiger partial charge in [0.2, 0.25) is 0 Å². The molecule has 0 aliphatic heterocycles. The highest BCUT2D eigenvalue weighted by Gasteiger charge is 2.04. The van der Waals surface area contributed by atoms with Crippen LogP contribution in [0.2, 0.25) is 0 Å². The second-order valence-corrected chi connectivity index (χ2v) is 2.52. The van der Waals surface area contributed by atoms with Crippen LogP contribution in [-0.2, 0) is 0 Å². The molecule has 7 nitrogen and oxygen atoms in total. The minimum absolute atomic E-state index is 0.0766. The number of primary amides is 1. The van der Waals surface area contributed by atoms with Gasteiger partial charge in [0.05, 0.1) is 6.20 Å². The van der Waals surface area contributed by atoms with Crippen LogP contribution in [0.15, 0.2) is 16.5 Å². The number of aromatic amines is 1. The molecule has 0 fully saturated rings. The zero-order valence-corrected chi connectivity index (χ0v) is 7.35. The highest BCUT2D eigenvalue weighted by molar-refractivity contribution is 5.89. The second-order valence-electron chi connectivity index (χ2n) is 2.52. The molecule has 0 unspecified atom stereocenters. The first-order valence-corrected chi connectivity index (χ1v) is 3.53. The average Bonchev–Trinajstić information content (AvgIpc) is 2.48. The predicted molar refractivity (Wildman–Crippen MR) is 45.3 cm³/mol. The van der Waals surface area contributed by atoms with Gasteiger partial charge >= 0.3 is 0 Å². The quantitative estimate of drug-likeness (QED) is 0.511. The third-order valence-corrected chi connectivity index (χ3v) is 1.13. The number of nitrogens with two attached hydrogens (primary N) is 1. The lowest BCUT2D eigenvalue weighted by atomic mass is 10.6. The van der Waals surface area contributed by atoms with E-state index < -0.39 is 5.91 Å². The maximum atomic E-state index is 10.6. The van der Waals surface area contributed by atoms with Crippen LogP contribution in [0.3, 0.4) is 0 Å². The standard InChI is InChI=1S/C6H10N6O/c1-12(2)11-10-4-3-8-6(9-4)5(7)13/h3H,1-2H3,(H2,7,13)(H,8,9)/b11-10+. The Morgan fingerprint density at radius 1 is 1.69 bits per heavy atom. The highest BCUT2D eigenvalue weighted by atomic mass is 16.1. The molecule has 0 spiro atoms. The number of carbonyl (C=O) groups excluding carboxylic acids is 1. The van der Waals surface area contributed by atoms with E-state index in [1.54, 1.807) is 14.1 Å². The second kappa shape index (κ2) is 3.65. The van der Waals surface area contributed by atoms with Crippen LogP contribution >= 0.6 is 0 Å².